The predicted octanol–water partition coefficient (Wildman–Crippen LogP) is 5.64. The summed E-state index contributed by atoms with van der Waals surface area (Å²) in [5.41, 5.74) is 5.91. The molecule has 1 aliphatic carbocycles. The predicted molar refractivity (Wildman–Crippen MR) is 97.4 cm³/mol. The van der Waals surface area contributed by atoms with Gasteiger partial charge in [-0.1, -0.05) is 55.8 Å². The second-order valence-corrected chi connectivity index (χ2v) is 7.08. The Labute approximate surface area is 142 Å². The first kappa shape index (κ1) is 15.8. The lowest BCUT2D eigenvalue weighted by atomic mass is 9.62. The van der Waals surface area contributed by atoms with Crippen LogP contribution in [0.1, 0.15) is 38.3 Å². The van der Waals surface area contributed by atoms with Crippen molar-refractivity contribution in [2.24, 2.45) is 5.41 Å². The molecule has 0 saturated carbocycles. The summed E-state index contributed by atoms with van der Waals surface area (Å²) in [7, 11) is 0. The van der Waals surface area contributed by atoms with Gasteiger partial charge in [0.2, 0.25) is 5.91 Å². The third-order valence-corrected chi connectivity index (χ3v) is 4.55. The van der Waals surface area contributed by atoms with E-state index in [9.17, 15) is 4.79 Å². The first-order chi connectivity index (χ1) is 10.9. The lowest BCUT2D eigenvalue weighted by Crippen LogP contribution is -2.26. The van der Waals surface area contributed by atoms with Crippen LogP contribution in [0.25, 0.3) is 11.1 Å². The number of carbonyl (C=O) groups excluding carboxylic acids is 1. The summed E-state index contributed by atoms with van der Waals surface area (Å²) < 4.78 is 0. The first-order valence-corrected chi connectivity index (χ1v) is 8.13. The van der Waals surface area contributed by atoms with Gasteiger partial charge in [-0.05, 0) is 46.7 Å². The van der Waals surface area contributed by atoms with Crippen molar-refractivity contribution in [1.82, 2.24) is 0 Å². The molecular weight excluding hydrogens is 306 g/mol. The summed E-state index contributed by atoms with van der Waals surface area (Å²) in [5.74, 6) is -0.0512. The van der Waals surface area contributed by atoms with E-state index in [4.69, 9.17) is 11.6 Å². The van der Waals surface area contributed by atoms with E-state index in [1.54, 1.807) is 0 Å². The molecule has 3 rings (SSSR count). The Hall–Kier alpha value is -2.06. The molecule has 0 saturated heterocycles. The lowest BCUT2D eigenvalue weighted by Gasteiger charge is -2.42. The average Bonchev–Trinajstić information content (AvgIpc) is 2.47. The topological polar surface area (TPSA) is 29.1 Å². The molecular formula is C20H20ClNO. The molecule has 0 atom stereocenters. The van der Waals surface area contributed by atoms with Gasteiger partial charge in [0.05, 0.1) is 0 Å². The van der Waals surface area contributed by atoms with E-state index in [0.717, 1.165) is 22.7 Å². The standard InChI is InChI=1S/C20H20ClNO/c1-13(23)22-18-7-5-4-6-16(18)17-12-20(2,3)19(17)14-8-10-15(21)11-9-14/h4-11H,12H2,1-3H3,(H,22,23). The molecule has 0 heterocycles. The van der Waals surface area contributed by atoms with Crippen molar-refractivity contribution < 1.29 is 4.79 Å². The minimum Gasteiger partial charge on any atom is -0.326 e. The molecule has 3 heteroatoms. The molecule has 0 unspecified atom stereocenters. The summed E-state index contributed by atoms with van der Waals surface area (Å²) >= 11 is 6.02. The molecule has 2 aromatic carbocycles. The lowest BCUT2D eigenvalue weighted by molar-refractivity contribution is -0.114. The summed E-state index contributed by atoms with van der Waals surface area (Å²) in [6, 6.07) is 16.0. The van der Waals surface area contributed by atoms with E-state index >= 15 is 0 Å². The zero-order valence-electron chi connectivity index (χ0n) is 13.6. The van der Waals surface area contributed by atoms with Gasteiger partial charge in [-0.15, -0.1) is 0 Å². The molecule has 0 aliphatic heterocycles. The van der Waals surface area contributed by atoms with Crippen molar-refractivity contribution in [2.75, 3.05) is 5.32 Å². The van der Waals surface area contributed by atoms with Crippen LogP contribution in [0, 0.1) is 5.41 Å². The molecule has 118 valence electrons. The molecule has 0 fully saturated rings. The number of carbonyl (C=O) groups is 1. The Morgan fingerprint density at radius 3 is 2.35 bits per heavy atom. The maximum atomic E-state index is 11.5. The van der Waals surface area contributed by atoms with Crippen molar-refractivity contribution in [3.05, 3.63) is 64.7 Å². The van der Waals surface area contributed by atoms with E-state index in [2.05, 4.69) is 37.4 Å². The number of para-hydroxylation sites is 1. The molecule has 23 heavy (non-hydrogen) atoms. The summed E-state index contributed by atoms with van der Waals surface area (Å²) in [4.78, 5) is 11.5. The number of amides is 1. The smallest absolute Gasteiger partial charge is 0.221 e. The largest absolute Gasteiger partial charge is 0.326 e. The van der Waals surface area contributed by atoms with Crippen molar-refractivity contribution in [3.63, 3.8) is 0 Å². The van der Waals surface area contributed by atoms with Crippen molar-refractivity contribution in [3.8, 4) is 0 Å². The molecule has 0 aromatic heterocycles. The minimum atomic E-state index is -0.0512. The minimum absolute atomic E-state index is 0.0512. The zero-order valence-corrected chi connectivity index (χ0v) is 14.4. The van der Waals surface area contributed by atoms with E-state index in [0.29, 0.717) is 0 Å². The van der Waals surface area contributed by atoms with Crippen LogP contribution in [0.15, 0.2) is 48.5 Å². The monoisotopic (exact) mass is 325 g/mol. The van der Waals surface area contributed by atoms with E-state index < -0.39 is 0 Å². The Balaban J connectivity index is 2.12. The number of rotatable bonds is 3. The Morgan fingerprint density at radius 1 is 1.09 bits per heavy atom. The SMILES string of the molecule is CC(=O)Nc1ccccc1C1=C(c2ccc(Cl)cc2)C(C)(C)C1. The van der Waals surface area contributed by atoms with Crippen molar-refractivity contribution in [1.29, 1.82) is 0 Å². The highest BCUT2D eigenvalue weighted by Crippen LogP contribution is 2.56. The van der Waals surface area contributed by atoms with Gasteiger partial charge in [0, 0.05) is 23.2 Å². The van der Waals surface area contributed by atoms with Crippen LogP contribution in [0.2, 0.25) is 5.02 Å². The number of benzene rings is 2. The number of allylic oxidation sites excluding steroid dienone is 2. The Bertz CT molecular complexity index is 788. The van der Waals surface area contributed by atoms with E-state index in [1.165, 1.54) is 23.6 Å². The van der Waals surface area contributed by atoms with Crippen LogP contribution in [0.4, 0.5) is 5.69 Å². The number of halogens is 1. The highest BCUT2D eigenvalue weighted by molar-refractivity contribution is 6.30. The van der Waals surface area contributed by atoms with Gasteiger partial charge in [0.1, 0.15) is 0 Å². The third kappa shape index (κ3) is 3.04. The van der Waals surface area contributed by atoms with Gasteiger partial charge in [-0.3, -0.25) is 4.79 Å². The van der Waals surface area contributed by atoms with Gasteiger partial charge in [-0.25, -0.2) is 0 Å². The highest BCUT2D eigenvalue weighted by Gasteiger charge is 2.38. The Morgan fingerprint density at radius 2 is 1.74 bits per heavy atom. The quantitative estimate of drug-likeness (QED) is 0.777. The fraction of sp³-hybridized carbons (Fsp3) is 0.250. The zero-order chi connectivity index (χ0) is 16.6. The molecule has 1 N–H and O–H groups in total. The fourth-order valence-electron chi connectivity index (χ4n) is 3.38. The van der Waals surface area contributed by atoms with Crippen LogP contribution < -0.4 is 5.32 Å². The summed E-state index contributed by atoms with van der Waals surface area (Å²) in [5, 5.41) is 3.68. The first-order valence-electron chi connectivity index (χ1n) is 7.75. The van der Waals surface area contributed by atoms with Crippen LogP contribution in [-0.2, 0) is 4.79 Å². The van der Waals surface area contributed by atoms with Crippen LogP contribution >= 0.6 is 11.6 Å². The number of hydrogen-bond donors (Lipinski definition) is 1. The van der Waals surface area contributed by atoms with Gasteiger partial charge < -0.3 is 5.32 Å². The van der Waals surface area contributed by atoms with Crippen LogP contribution in [0.3, 0.4) is 0 Å². The fourth-order valence-corrected chi connectivity index (χ4v) is 3.50. The van der Waals surface area contributed by atoms with Gasteiger partial charge in [-0.2, -0.15) is 0 Å². The number of anilines is 1. The molecule has 1 aliphatic rings. The summed E-state index contributed by atoms with van der Waals surface area (Å²) in [6.45, 7) is 6.04. The molecule has 0 spiro atoms. The van der Waals surface area contributed by atoms with E-state index in [1.807, 2.05) is 30.3 Å². The van der Waals surface area contributed by atoms with Crippen molar-refractivity contribution in [2.45, 2.75) is 27.2 Å². The molecule has 2 nitrogen and oxygen atoms in total. The third-order valence-electron chi connectivity index (χ3n) is 4.29. The molecule has 1 amide bonds. The highest BCUT2D eigenvalue weighted by atomic mass is 35.5. The number of nitrogens with one attached hydrogen (secondary N) is 1. The van der Waals surface area contributed by atoms with Crippen LogP contribution in [0.5, 0.6) is 0 Å². The second-order valence-electron chi connectivity index (χ2n) is 6.65. The average molecular weight is 326 g/mol. The maximum Gasteiger partial charge on any atom is 0.221 e. The molecule has 0 radical (unpaired) electrons. The van der Waals surface area contributed by atoms with Crippen molar-refractivity contribution >= 4 is 34.3 Å². The molecule has 0 bridgehead atoms. The molecule has 2 aromatic rings. The Kier molecular flexibility index (Phi) is 4.03. The van der Waals surface area contributed by atoms with Crippen LogP contribution in [-0.4, -0.2) is 5.91 Å². The number of hydrogen-bond acceptors (Lipinski definition) is 1. The second kappa shape index (κ2) is 5.86. The van der Waals surface area contributed by atoms with Gasteiger partial charge in [0.25, 0.3) is 0 Å². The van der Waals surface area contributed by atoms with Gasteiger partial charge >= 0.3 is 0 Å². The van der Waals surface area contributed by atoms with E-state index in [-0.39, 0.29) is 11.3 Å². The van der Waals surface area contributed by atoms with Gasteiger partial charge in [0.15, 0.2) is 0 Å². The normalized spacial score (nSPS) is 16.0. The maximum absolute atomic E-state index is 11.5. The summed E-state index contributed by atoms with van der Waals surface area (Å²) in [6.07, 6.45) is 0.988.